The predicted molar refractivity (Wildman–Crippen MR) is 116 cm³/mol. The van der Waals surface area contributed by atoms with Gasteiger partial charge in [-0.05, 0) is 68.0 Å². The molecule has 2 fully saturated rings. The maximum Gasteiger partial charge on any atom is 0.252 e. The Morgan fingerprint density at radius 2 is 2.06 bits per heavy atom. The Balaban J connectivity index is 1.49. The lowest BCUT2D eigenvalue weighted by molar-refractivity contribution is -0.145. The van der Waals surface area contributed by atoms with Crippen molar-refractivity contribution in [2.45, 2.75) is 50.7 Å². The minimum absolute atomic E-state index is 0.0161. The summed E-state index contributed by atoms with van der Waals surface area (Å²) in [6.07, 6.45) is 3.27. The summed E-state index contributed by atoms with van der Waals surface area (Å²) in [4.78, 5) is 28.5. The van der Waals surface area contributed by atoms with Gasteiger partial charge >= 0.3 is 0 Å². The summed E-state index contributed by atoms with van der Waals surface area (Å²) in [5, 5.41) is 6.54. The number of nitrogens with one attached hydrogen (secondary N) is 2. The predicted octanol–water partition coefficient (Wildman–Crippen LogP) is 3.51. The minimum atomic E-state index is -0.402. The van der Waals surface area contributed by atoms with E-state index in [0.717, 1.165) is 42.5 Å². The van der Waals surface area contributed by atoms with Crippen LogP contribution >= 0.6 is 0 Å². The molecule has 4 atom stereocenters. The SMILES string of the molecule is C[C@@H](NC(=O)c1cc(F)cc2c1[C@@H]1C[C@H]3NCCC[C@H]3C(=O)N1CC2)c1ccccc1. The zero-order valence-electron chi connectivity index (χ0n) is 17.7. The smallest absolute Gasteiger partial charge is 0.252 e. The summed E-state index contributed by atoms with van der Waals surface area (Å²) in [6, 6.07) is 12.3. The molecule has 3 aliphatic rings. The Kier molecular flexibility index (Phi) is 5.26. The number of carbonyl (C=O) groups is 2. The van der Waals surface area contributed by atoms with Gasteiger partial charge in [-0.3, -0.25) is 9.59 Å². The Morgan fingerprint density at radius 1 is 1.26 bits per heavy atom. The number of halogens is 1. The van der Waals surface area contributed by atoms with Gasteiger partial charge in [-0.25, -0.2) is 4.39 Å². The molecule has 5 nitrogen and oxygen atoms in total. The molecule has 2 amide bonds. The third-order valence-electron chi connectivity index (χ3n) is 7.12. The van der Waals surface area contributed by atoms with Crippen LogP contribution in [0.15, 0.2) is 42.5 Å². The van der Waals surface area contributed by atoms with Gasteiger partial charge in [0.05, 0.1) is 18.0 Å². The lowest BCUT2D eigenvalue weighted by atomic mass is 9.76. The molecule has 2 aromatic carbocycles. The number of fused-ring (bicyclic) bond motifs is 4. The largest absolute Gasteiger partial charge is 0.346 e. The fraction of sp³-hybridized carbons (Fsp3) is 0.440. The average Bonchev–Trinajstić information content (AvgIpc) is 2.79. The quantitative estimate of drug-likeness (QED) is 0.797. The van der Waals surface area contributed by atoms with Crippen LogP contribution in [0.3, 0.4) is 0 Å². The first-order valence-electron chi connectivity index (χ1n) is 11.2. The lowest BCUT2D eigenvalue weighted by Crippen LogP contribution is -2.58. The van der Waals surface area contributed by atoms with Crippen molar-refractivity contribution in [2.24, 2.45) is 5.92 Å². The van der Waals surface area contributed by atoms with E-state index in [-0.39, 0.29) is 35.9 Å². The van der Waals surface area contributed by atoms with Crippen molar-refractivity contribution in [1.82, 2.24) is 15.5 Å². The Labute approximate surface area is 182 Å². The summed E-state index contributed by atoms with van der Waals surface area (Å²) < 4.78 is 14.5. The number of hydrogen-bond acceptors (Lipinski definition) is 3. The molecular weight excluding hydrogens is 393 g/mol. The molecule has 3 aliphatic heterocycles. The molecule has 0 saturated carbocycles. The normalized spacial score (nSPS) is 25.8. The molecule has 6 heteroatoms. The van der Waals surface area contributed by atoms with E-state index in [4.69, 9.17) is 0 Å². The molecule has 3 heterocycles. The third-order valence-corrected chi connectivity index (χ3v) is 7.12. The van der Waals surface area contributed by atoms with Crippen LogP contribution in [0.1, 0.15) is 65.3 Å². The number of rotatable bonds is 3. The van der Waals surface area contributed by atoms with Gasteiger partial charge in [0, 0.05) is 18.2 Å². The monoisotopic (exact) mass is 421 g/mol. The fourth-order valence-electron chi connectivity index (χ4n) is 5.57. The molecule has 0 bridgehead atoms. The van der Waals surface area contributed by atoms with Crippen molar-refractivity contribution in [2.75, 3.05) is 13.1 Å². The first kappa shape index (κ1) is 20.2. The van der Waals surface area contributed by atoms with Crippen LogP contribution in [0.5, 0.6) is 0 Å². The first-order valence-corrected chi connectivity index (χ1v) is 11.2. The number of amides is 2. The van der Waals surface area contributed by atoms with E-state index in [1.54, 1.807) is 0 Å². The number of hydrogen-bond donors (Lipinski definition) is 2. The zero-order chi connectivity index (χ0) is 21.5. The molecule has 0 spiro atoms. The van der Waals surface area contributed by atoms with Crippen LogP contribution in [0.4, 0.5) is 4.39 Å². The van der Waals surface area contributed by atoms with Crippen molar-refractivity contribution in [3.05, 3.63) is 70.5 Å². The summed E-state index contributed by atoms with van der Waals surface area (Å²) in [7, 11) is 0. The standard InChI is InChI=1S/C25H28FN3O2/c1-15(16-6-3-2-4-7-16)28-24(30)20-13-18(26)12-17-9-11-29-22(23(17)20)14-21-19(25(29)31)8-5-10-27-21/h2-4,6-7,12-13,15,19,21-22,27H,5,8-11,14H2,1H3,(H,28,30)/t15-,19-,21-,22+/m1/s1. The third kappa shape index (κ3) is 3.63. The second-order valence-corrected chi connectivity index (χ2v) is 8.97. The van der Waals surface area contributed by atoms with Crippen LogP contribution in [0.25, 0.3) is 0 Å². The maximum absolute atomic E-state index is 14.5. The van der Waals surface area contributed by atoms with Crippen molar-refractivity contribution >= 4 is 11.8 Å². The lowest BCUT2D eigenvalue weighted by Gasteiger charge is -2.48. The molecule has 2 N–H and O–H groups in total. The summed E-state index contributed by atoms with van der Waals surface area (Å²) in [5.74, 6) is -0.504. The number of benzene rings is 2. The Hall–Kier alpha value is -2.73. The van der Waals surface area contributed by atoms with Crippen LogP contribution in [0, 0.1) is 11.7 Å². The zero-order valence-corrected chi connectivity index (χ0v) is 17.7. The highest BCUT2D eigenvalue weighted by Crippen LogP contribution is 2.43. The first-order chi connectivity index (χ1) is 15.0. The Morgan fingerprint density at radius 3 is 2.87 bits per heavy atom. The molecule has 0 aliphatic carbocycles. The second-order valence-electron chi connectivity index (χ2n) is 8.97. The van der Waals surface area contributed by atoms with Gasteiger partial charge in [-0.1, -0.05) is 30.3 Å². The van der Waals surface area contributed by atoms with Gasteiger partial charge in [0.2, 0.25) is 5.91 Å². The molecule has 2 aromatic rings. The topological polar surface area (TPSA) is 61.4 Å². The van der Waals surface area contributed by atoms with E-state index >= 15 is 0 Å². The molecule has 162 valence electrons. The van der Waals surface area contributed by atoms with Gasteiger partial charge in [-0.2, -0.15) is 0 Å². The van der Waals surface area contributed by atoms with E-state index in [1.165, 1.54) is 12.1 Å². The van der Waals surface area contributed by atoms with Crippen LogP contribution in [-0.4, -0.2) is 35.8 Å². The highest BCUT2D eigenvalue weighted by molar-refractivity contribution is 5.97. The van der Waals surface area contributed by atoms with E-state index in [1.807, 2.05) is 42.2 Å². The van der Waals surface area contributed by atoms with E-state index in [9.17, 15) is 14.0 Å². The summed E-state index contributed by atoms with van der Waals surface area (Å²) in [6.45, 7) is 3.43. The van der Waals surface area contributed by atoms with Crippen molar-refractivity contribution in [3.63, 3.8) is 0 Å². The molecule has 0 unspecified atom stereocenters. The van der Waals surface area contributed by atoms with Gasteiger partial charge in [0.25, 0.3) is 5.91 Å². The number of piperidine rings is 2. The fourth-order valence-corrected chi connectivity index (χ4v) is 5.57. The van der Waals surface area contributed by atoms with Gasteiger partial charge in [0.15, 0.2) is 0 Å². The number of carbonyl (C=O) groups excluding carboxylic acids is 2. The Bertz CT molecular complexity index is 1010. The molecule has 0 aromatic heterocycles. The van der Waals surface area contributed by atoms with Crippen LogP contribution < -0.4 is 10.6 Å². The maximum atomic E-state index is 14.5. The molecule has 31 heavy (non-hydrogen) atoms. The summed E-state index contributed by atoms with van der Waals surface area (Å²) in [5.41, 5.74) is 3.02. The highest BCUT2D eigenvalue weighted by atomic mass is 19.1. The molecular formula is C25H28FN3O2. The van der Waals surface area contributed by atoms with Crippen molar-refractivity contribution < 1.29 is 14.0 Å². The summed E-state index contributed by atoms with van der Waals surface area (Å²) >= 11 is 0. The van der Waals surface area contributed by atoms with E-state index in [2.05, 4.69) is 10.6 Å². The van der Waals surface area contributed by atoms with Gasteiger partial charge < -0.3 is 15.5 Å². The van der Waals surface area contributed by atoms with E-state index in [0.29, 0.717) is 18.5 Å². The second kappa shape index (κ2) is 8.08. The van der Waals surface area contributed by atoms with Gasteiger partial charge in [0.1, 0.15) is 5.82 Å². The minimum Gasteiger partial charge on any atom is -0.346 e. The molecule has 0 radical (unpaired) electrons. The molecule has 2 saturated heterocycles. The van der Waals surface area contributed by atoms with Crippen LogP contribution in [-0.2, 0) is 11.2 Å². The highest BCUT2D eigenvalue weighted by Gasteiger charge is 2.46. The van der Waals surface area contributed by atoms with Crippen LogP contribution in [0.2, 0.25) is 0 Å². The number of nitrogens with zero attached hydrogens (tertiary/aromatic N) is 1. The van der Waals surface area contributed by atoms with Crippen molar-refractivity contribution in [1.29, 1.82) is 0 Å². The van der Waals surface area contributed by atoms with E-state index < -0.39 is 5.82 Å². The van der Waals surface area contributed by atoms with Gasteiger partial charge in [-0.15, -0.1) is 0 Å². The molecule has 5 rings (SSSR count). The van der Waals surface area contributed by atoms with Crippen molar-refractivity contribution in [3.8, 4) is 0 Å². The average molecular weight is 422 g/mol.